The molecular formula is C19H18F2N2O5. The average molecular weight is 392 g/mol. The van der Waals surface area contributed by atoms with Crippen LogP contribution in [0.4, 0.5) is 14.5 Å². The van der Waals surface area contributed by atoms with Crippen LogP contribution in [-0.2, 0) is 14.3 Å². The maximum absolute atomic E-state index is 13.1. The Labute approximate surface area is 159 Å². The van der Waals surface area contributed by atoms with Gasteiger partial charge in [0.05, 0.1) is 18.7 Å². The summed E-state index contributed by atoms with van der Waals surface area (Å²) in [6.45, 7) is 1.32. The standard InChI is InChI=1S/C19H18F2N2O5/c1-2-27-14-6-3-12(4-7-14)19(26)28-11-18(25)22-10-17(24)23-13-5-8-15(20)16(21)9-13/h3-9H,2,10-11H2,1H3,(H,22,25)(H,23,24). The molecule has 0 aliphatic rings. The van der Waals surface area contributed by atoms with E-state index >= 15 is 0 Å². The summed E-state index contributed by atoms with van der Waals surface area (Å²) in [5, 5.41) is 4.54. The number of anilines is 1. The zero-order chi connectivity index (χ0) is 20.5. The minimum Gasteiger partial charge on any atom is -0.494 e. The first-order valence-electron chi connectivity index (χ1n) is 8.30. The highest BCUT2D eigenvalue weighted by Crippen LogP contribution is 2.13. The van der Waals surface area contributed by atoms with Gasteiger partial charge in [-0.3, -0.25) is 9.59 Å². The Kier molecular flexibility index (Phi) is 7.44. The SMILES string of the molecule is CCOc1ccc(C(=O)OCC(=O)NCC(=O)Nc2ccc(F)c(F)c2)cc1. The maximum atomic E-state index is 13.1. The van der Waals surface area contributed by atoms with Gasteiger partial charge in [0.15, 0.2) is 18.2 Å². The highest BCUT2D eigenvalue weighted by molar-refractivity contribution is 5.95. The molecular weight excluding hydrogens is 374 g/mol. The van der Waals surface area contributed by atoms with E-state index in [0.29, 0.717) is 12.4 Å². The third kappa shape index (κ3) is 6.35. The van der Waals surface area contributed by atoms with E-state index in [9.17, 15) is 23.2 Å². The molecule has 0 heterocycles. The predicted octanol–water partition coefficient (Wildman–Crippen LogP) is 2.28. The molecule has 0 saturated carbocycles. The molecule has 0 radical (unpaired) electrons. The molecule has 2 N–H and O–H groups in total. The van der Waals surface area contributed by atoms with Gasteiger partial charge in [0.25, 0.3) is 5.91 Å². The summed E-state index contributed by atoms with van der Waals surface area (Å²) in [5.74, 6) is -3.60. The molecule has 0 saturated heterocycles. The molecule has 148 valence electrons. The van der Waals surface area contributed by atoms with Crippen molar-refractivity contribution < 1.29 is 32.6 Å². The Morgan fingerprint density at radius 3 is 2.32 bits per heavy atom. The third-order valence-corrected chi connectivity index (χ3v) is 3.38. The Hall–Kier alpha value is -3.49. The molecule has 2 aromatic rings. The summed E-state index contributed by atoms with van der Waals surface area (Å²) in [7, 11) is 0. The van der Waals surface area contributed by atoms with Gasteiger partial charge in [0.2, 0.25) is 5.91 Å². The van der Waals surface area contributed by atoms with Crippen molar-refractivity contribution in [2.45, 2.75) is 6.92 Å². The first-order chi connectivity index (χ1) is 13.4. The number of hydrogen-bond donors (Lipinski definition) is 2. The van der Waals surface area contributed by atoms with Crippen LogP contribution in [0.2, 0.25) is 0 Å². The summed E-state index contributed by atoms with van der Waals surface area (Å²) < 4.78 is 36.0. The topological polar surface area (TPSA) is 93.7 Å². The number of amides is 2. The van der Waals surface area contributed by atoms with E-state index < -0.39 is 42.6 Å². The van der Waals surface area contributed by atoms with Crippen LogP contribution in [0.3, 0.4) is 0 Å². The lowest BCUT2D eigenvalue weighted by Crippen LogP contribution is -2.35. The van der Waals surface area contributed by atoms with Crippen LogP contribution in [0.15, 0.2) is 42.5 Å². The molecule has 28 heavy (non-hydrogen) atoms. The molecule has 9 heteroatoms. The van der Waals surface area contributed by atoms with Crippen LogP contribution in [0, 0.1) is 11.6 Å². The molecule has 0 spiro atoms. The van der Waals surface area contributed by atoms with E-state index in [0.717, 1.165) is 12.1 Å². The van der Waals surface area contributed by atoms with E-state index in [1.165, 1.54) is 18.2 Å². The van der Waals surface area contributed by atoms with Crippen LogP contribution < -0.4 is 15.4 Å². The van der Waals surface area contributed by atoms with Crippen LogP contribution in [0.25, 0.3) is 0 Å². The molecule has 2 rings (SSSR count). The number of rotatable bonds is 8. The number of ether oxygens (including phenoxy) is 2. The zero-order valence-corrected chi connectivity index (χ0v) is 15.0. The van der Waals surface area contributed by atoms with Crippen molar-refractivity contribution in [1.82, 2.24) is 5.32 Å². The molecule has 0 aromatic heterocycles. The lowest BCUT2D eigenvalue weighted by atomic mass is 10.2. The normalized spacial score (nSPS) is 10.1. The van der Waals surface area contributed by atoms with Crippen molar-refractivity contribution in [3.8, 4) is 5.75 Å². The molecule has 2 aromatic carbocycles. The highest BCUT2D eigenvalue weighted by atomic mass is 19.2. The van der Waals surface area contributed by atoms with Crippen molar-refractivity contribution in [2.24, 2.45) is 0 Å². The van der Waals surface area contributed by atoms with Crippen LogP contribution in [-0.4, -0.2) is 37.5 Å². The van der Waals surface area contributed by atoms with Gasteiger partial charge in [-0.1, -0.05) is 0 Å². The van der Waals surface area contributed by atoms with Gasteiger partial charge < -0.3 is 20.1 Å². The lowest BCUT2D eigenvalue weighted by Gasteiger charge is -2.08. The monoisotopic (exact) mass is 392 g/mol. The van der Waals surface area contributed by atoms with Gasteiger partial charge in [-0.05, 0) is 43.3 Å². The summed E-state index contributed by atoms with van der Waals surface area (Å²) >= 11 is 0. The van der Waals surface area contributed by atoms with Gasteiger partial charge in [0.1, 0.15) is 5.75 Å². The number of carbonyl (C=O) groups excluding carboxylic acids is 3. The molecule has 7 nitrogen and oxygen atoms in total. The summed E-state index contributed by atoms with van der Waals surface area (Å²) in [6.07, 6.45) is 0. The van der Waals surface area contributed by atoms with E-state index in [2.05, 4.69) is 10.6 Å². The summed E-state index contributed by atoms with van der Waals surface area (Å²) in [5.41, 5.74) is 0.285. The Morgan fingerprint density at radius 1 is 0.964 bits per heavy atom. The molecule has 0 bridgehead atoms. The Bertz CT molecular complexity index is 856. The van der Waals surface area contributed by atoms with Crippen molar-refractivity contribution in [3.05, 3.63) is 59.7 Å². The van der Waals surface area contributed by atoms with Crippen LogP contribution in [0.1, 0.15) is 17.3 Å². The van der Waals surface area contributed by atoms with Crippen molar-refractivity contribution in [1.29, 1.82) is 0 Å². The van der Waals surface area contributed by atoms with Crippen molar-refractivity contribution >= 4 is 23.5 Å². The van der Waals surface area contributed by atoms with Gasteiger partial charge in [0, 0.05) is 11.8 Å². The number of benzene rings is 2. The number of carbonyl (C=O) groups is 3. The summed E-state index contributed by atoms with van der Waals surface area (Å²) in [4.78, 5) is 35.2. The van der Waals surface area contributed by atoms with E-state index in [1.54, 1.807) is 12.1 Å². The molecule has 0 fully saturated rings. The number of esters is 1. The number of hydrogen-bond acceptors (Lipinski definition) is 5. The van der Waals surface area contributed by atoms with Gasteiger partial charge in [-0.15, -0.1) is 0 Å². The minimum atomic E-state index is -1.11. The molecule has 0 unspecified atom stereocenters. The van der Waals surface area contributed by atoms with Crippen molar-refractivity contribution in [3.63, 3.8) is 0 Å². The third-order valence-electron chi connectivity index (χ3n) is 3.38. The quantitative estimate of drug-likeness (QED) is 0.673. The largest absolute Gasteiger partial charge is 0.494 e. The maximum Gasteiger partial charge on any atom is 0.338 e. The molecule has 2 amide bonds. The fraction of sp³-hybridized carbons (Fsp3) is 0.211. The van der Waals surface area contributed by atoms with Crippen LogP contribution >= 0.6 is 0 Å². The van der Waals surface area contributed by atoms with Gasteiger partial charge in [-0.25, -0.2) is 13.6 Å². The smallest absolute Gasteiger partial charge is 0.338 e. The summed E-state index contributed by atoms with van der Waals surface area (Å²) in [6, 6.07) is 9.06. The fourth-order valence-electron chi connectivity index (χ4n) is 2.08. The zero-order valence-electron chi connectivity index (χ0n) is 15.0. The second-order valence-corrected chi connectivity index (χ2v) is 5.49. The molecule has 0 atom stereocenters. The minimum absolute atomic E-state index is 0.0417. The number of halogens is 2. The molecule has 0 aliphatic carbocycles. The lowest BCUT2D eigenvalue weighted by molar-refractivity contribution is -0.126. The number of nitrogens with one attached hydrogen (secondary N) is 2. The Morgan fingerprint density at radius 2 is 1.68 bits per heavy atom. The fourth-order valence-corrected chi connectivity index (χ4v) is 2.08. The van der Waals surface area contributed by atoms with E-state index in [4.69, 9.17) is 9.47 Å². The first kappa shape index (κ1) is 20.8. The Balaban J connectivity index is 1.73. The van der Waals surface area contributed by atoms with E-state index in [-0.39, 0.29) is 11.3 Å². The molecule has 0 aliphatic heterocycles. The second kappa shape index (κ2) is 10.0. The van der Waals surface area contributed by atoms with Gasteiger partial charge >= 0.3 is 5.97 Å². The van der Waals surface area contributed by atoms with Crippen molar-refractivity contribution in [2.75, 3.05) is 25.1 Å². The van der Waals surface area contributed by atoms with Gasteiger partial charge in [-0.2, -0.15) is 0 Å². The highest BCUT2D eigenvalue weighted by Gasteiger charge is 2.12. The predicted molar refractivity (Wildman–Crippen MR) is 95.9 cm³/mol. The average Bonchev–Trinajstić information content (AvgIpc) is 2.68. The first-order valence-corrected chi connectivity index (χ1v) is 8.30. The second-order valence-electron chi connectivity index (χ2n) is 5.49. The van der Waals surface area contributed by atoms with E-state index in [1.807, 2.05) is 6.92 Å². The van der Waals surface area contributed by atoms with Crippen LogP contribution in [0.5, 0.6) is 5.75 Å².